The molecule has 1 heterocycles. The monoisotopic (exact) mass is 348 g/mol. The highest BCUT2D eigenvalue weighted by Crippen LogP contribution is 2.33. The lowest BCUT2D eigenvalue weighted by Crippen LogP contribution is -2.34. The summed E-state index contributed by atoms with van der Waals surface area (Å²) in [5, 5.41) is 10.6. The number of hydrogen-bond donors (Lipinski definition) is 1. The Balaban J connectivity index is 2.12. The average Bonchev–Trinajstić information content (AvgIpc) is 2.62. The number of aromatic nitrogens is 1. The number of fused-ring (bicyclic) bond motifs is 1. The topological polar surface area (TPSA) is 53.4 Å². The van der Waals surface area contributed by atoms with Crippen LogP contribution in [0.1, 0.15) is 18.2 Å². The molecule has 134 valence electrons. The quantitative estimate of drug-likeness (QED) is 0.767. The van der Waals surface area contributed by atoms with Gasteiger partial charge in [-0.15, -0.1) is 0 Å². The van der Waals surface area contributed by atoms with Gasteiger partial charge in [-0.05, 0) is 36.6 Å². The first-order valence-corrected chi connectivity index (χ1v) is 8.83. The number of pyridine rings is 1. The number of carbonyl (C=O) groups excluding carboxylic acids is 1. The minimum Gasteiger partial charge on any atom is -0.392 e. The zero-order valence-electron chi connectivity index (χ0n) is 15.4. The van der Waals surface area contributed by atoms with E-state index in [4.69, 9.17) is 4.98 Å². The molecule has 3 aromatic rings. The second-order valence-electron chi connectivity index (χ2n) is 6.73. The average molecular weight is 348 g/mol. The molecule has 3 rings (SSSR count). The number of likely N-dealkylation sites (N-methyl/N-ethyl adjacent to an activating group) is 1. The van der Waals surface area contributed by atoms with Crippen molar-refractivity contribution in [3.63, 3.8) is 0 Å². The second kappa shape index (κ2) is 7.67. The smallest absolute Gasteiger partial charge is 0.226 e. The Morgan fingerprint density at radius 2 is 1.77 bits per heavy atom. The van der Waals surface area contributed by atoms with Crippen molar-refractivity contribution in [2.75, 3.05) is 13.6 Å². The number of nitrogens with zero attached hydrogens (tertiary/aromatic N) is 2. The Bertz CT molecular complexity index is 920. The molecule has 1 aromatic heterocycles. The third-order valence-electron chi connectivity index (χ3n) is 4.55. The molecule has 0 radical (unpaired) electrons. The van der Waals surface area contributed by atoms with Gasteiger partial charge in [0.05, 0.1) is 18.0 Å². The predicted molar refractivity (Wildman–Crippen MR) is 105 cm³/mol. The Morgan fingerprint density at radius 3 is 2.46 bits per heavy atom. The summed E-state index contributed by atoms with van der Waals surface area (Å²) in [7, 11) is 1.72. The van der Waals surface area contributed by atoms with Gasteiger partial charge in [-0.2, -0.15) is 0 Å². The van der Waals surface area contributed by atoms with Gasteiger partial charge in [-0.3, -0.25) is 9.78 Å². The number of amides is 1. The van der Waals surface area contributed by atoms with Gasteiger partial charge < -0.3 is 10.0 Å². The molecule has 0 saturated carbocycles. The Kier molecular flexibility index (Phi) is 5.33. The van der Waals surface area contributed by atoms with E-state index < -0.39 is 6.10 Å². The lowest BCUT2D eigenvalue weighted by molar-refractivity contribution is -0.130. The van der Waals surface area contributed by atoms with Crippen LogP contribution < -0.4 is 0 Å². The number of aliphatic hydroxyl groups excluding tert-OH is 1. The number of aryl methyl sites for hydroxylation is 1. The van der Waals surface area contributed by atoms with E-state index in [1.807, 2.05) is 43.3 Å². The molecule has 1 N–H and O–H groups in total. The van der Waals surface area contributed by atoms with Gasteiger partial charge in [0.25, 0.3) is 0 Å². The highest BCUT2D eigenvalue weighted by molar-refractivity contribution is 5.98. The normalized spacial score (nSPS) is 12.2. The first-order valence-electron chi connectivity index (χ1n) is 8.83. The highest BCUT2D eigenvalue weighted by atomic mass is 16.3. The highest BCUT2D eigenvalue weighted by Gasteiger charge is 2.19. The van der Waals surface area contributed by atoms with Crippen molar-refractivity contribution in [3.05, 3.63) is 65.9 Å². The molecule has 1 amide bonds. The first kappa shape index (κ1) is 18.1. The second-order valence-corrected chi connectivity index (χ2v) is 6.73. The summed E-state index contributed by atoms with van der Waals surface area (Å²) in [5.74, 6) is -0.0248. The van der Waals surface area contributed by atoms with E-state index in [1.54, 1.807) is 18.9 Å². The summed E-state index contributed by atoms with van der Waals surface area (Å²) in [6.45, 7) is 3.96. The SMILES string of the molecule is Cc1nc2ccccc2c(-c2ccccc2)c1CC(=O)N(C)C[C@@H](C)O. The van der Waals surface area contributed by atoms with Crippen LogP contribution in [0.4, 0.5) is 0 Å². The summed E-state index contributed by atoms with van der Waals surface area (Å²) in [5.41, 5.74) is 4.87. The molecule has 0 fully saturated rings. The van der Waals surface area contributed by atoms with E-state index in [0.29, 0.717) is 6.54 Å². The molecule has 4 heteroatoms. The van der Waals surface area contributed by atoms with Gasteiger partial charge in [0.1, 0.15) is 0 Å². The van der Waals surface area contributed by atoms with E-state index in [-0.39, 0.29) is 12.3 Å². The van der Waals surface area contributed by atoms with Crippen molar-refractivity contribution in [1.82, 2.24) is 9.88 Å². The summed E-state index contributed by atoms with van der Waals surface area (Å²) in [6.07, 6.45) is -0.287. The van der Waals surface area contributed by atoms with Gasteiger partial charge in [0, 0.05) is 24.7 Å². The maximum Gasteiger partial charge on any atom is 0.226 e. The minimum absolute atomic E-state index is 0.0248. The largest absolute Gasteiger partial charge is 0.392 e. The van der Waals surface area contributed by atoms with Crippen molar-refractivity contribution in [2.24, 2.45) is 0 Å². The van der Waals surface area contributed by atoms with E-state index in [0.717, 1.165) is 33.3 Å². The Labute approximate surface area is 154 Å². The van der Waals surface area contributed by atoms with Gasteiger partial charge in [0.15, 0.2) is 0 Å². The standard InChI is InChI=1S/C22H24N2O2/c1-15(25)14-24(3)21(26)13-19-16(2)23-20-12-8-7-11-18(20)22(19)17-9-5-4-6-10-17/h4-12,15,25H,13-14H2,1-3H3/t15-/m1/s1. The lowest BCUT2D eigenvalue weighted by atomic mass is 9.92. The van der Waals surface area contributed by atoms with Crippen LogP contribution in [0.3, 0.4) is 0 Å². The molecule has 0 spiro atoms. The molecule has 26 heavy (non-hydrogen) atoms. The van der Waals surface area contributed by atoms with E-state index in [1.165, 1.54) is 0 Å². The van der Waals surface area contributed by atoms with Crippen LogP contribution in [0, 0.1) is 6.92 Å². The van der Waals surface area contributed by atoms with Crippen LogP contribution in [0.25, 0.3) is 22.0 Å². The molecular weight excluding hydrogens is 324 g/mol. The van der Waals surface area contributed by atoms with E-state index >= 15 is 0 Å². The van der Waals surface area contributed by atoms with Crippen LogP contribution >= 0.6 is 0 Å². The lowest BCUT2D eigenvalue weighted by Gasteiger charge is -2.21. The fraction of sp³-hybridized carbons (Fsp3) is 0.273. The molecule has 0 bridgehead atoms. The number of para-hydroxylation sites is 1. The van der Waals surface area contributed by atoms with Crippen LogP contribution in [0.2, 0.25) is 0 Å². The molecule has 1 atom stereocenters. The number of hydrogen-bond acceptors (Lipinski definition) is 3. The predicted octanol–water partition coefficient (Wildman–Crippen LogP) is 3.59. The van der Waals surface area contributed by atoms with E-state index in [2.05, 4.69) is 18.2 Å². The third kappa shape index (κ3) is 3.75. The maximum atomic E-state index is 12.7. The Hall–Kier alpha value is -2.72. The summed E-state index contributed by atoms with van der Waals surface area (Å²) in [4.78, 5) is 19.0. The minimum atomic E-state index is -0.548. The van der Waals surface area contributed by atoms with Gasteiger partial charge in [-0.1, -0.05) is 48.5 Å². The van der Waals surface area contributed by atoms with Crippen molar-refractivity contribution >= 4 is 16.8 Å². The van der Waals surface area contributed by atoms with Crippen LogP contribution in [-0.2, 0) is 11.2 Å². The van der Waals surface area contributed by atoms with Gasteiger partial charge >= 0.3 is 0 Å². The molecule has 0 saturated heterocycles. The van der Waals surface area contributed by atoms with Crippen molar-refractivity contribution in [1.29, 1.82) is 0 Å². The summed E-state index contributed by atoms with van der Waals surface area (Å²) in [6, 6.07) is 18.2. The number of aliphatic hydroxyl groups is 1. The zero-order valence-corrected chi connectivity index (χ0v) is 15.4. The van der Waals surface area contributed by atoms with Crippen LogP contribution in [-0.4, -0.2) is 40.6 Å². The molecule has 0 unspecified atom stereocenters. The van der Waals surface area contributed by atoms with Crippen molar-refractivity contribution in [2.45, 2.75) is 26.4 Å². The van der Waals surface area contributed by atoms with Gasteiger partial charge in [-0.25, -0.2) is 0 Å². The molecular formula is C22H24N2O2. The van der Waals surface area contributed by atoms with Gasteiger partial charge in [0.2, 0.25) is 5.91 Å². The molecule has 0 aliphatic carbocycles. The first-order chi connectivity index (χ1) is 12.5. The van der Waals surface area contributed by atoms with Crippen LogP contribution in [0.15, 0.2) is 54.6 Å². The van der Waals surface area contributed by atoms with Crippen LogP contribution in [0.5, 0.6) is 0 Å². The number of carbonyl (C=O) groups is 1. The molecule has 0 aliphatic rings. The summed E-state index contributed by atoms with van der Waals surface area (Å²) < 4.78 is 0. The molecule has 4 nitrogen and oxygen atoms in total. The summed E-state index contributed by atoms with van der Waals surface area (Å²) >= 11 is 0. The fourth-order valence-corrected chi connectivity index (χ4v) is 3.31. The number of benzene rings is 2. The van der Waals surface area contributed by atoms with E-state index in [9.17, 15) is 9.90 Å². The third-order valence-corrected chi connectivity index (χ3v) is 4.55. The Morgan fingerprint density at radius 1 is 1.12 bits per heavy atom. The zero-order chi connectivity index (χ0) is 18.7. The maximum absolute atomic E-state index is 12.7. The molecule has 0 aliphatic heterocycles. The molecule has 2 aromatic carbocycles. The fourth-order valence-electron chi connectivity index (χ4n) is 3.31. The number of rotatable bonds is 5. The van der Waals surface area contributed by atoms with Crippen molar-refractivity contribution in [3.8, 4) is 11.1 Å². The van der Waals surface area contributed by atoms with Crippen molar-refractivity contribution < 1.29 is 9.90 Å².